The number of aromatic amines is 1. The van der Waals surface area contributed by atoms with Gasteiger partial charge in [0.2, 0.25) is 21.8 Å². The summed E-state index contributed by atoms with van der Waals surface area (Å²) in [5, 5.41) is 2.73. The Morgan fingerprint density at radius 1 is 1.31 bits per heavy atom. The van der Waals surface area contributed by atoms with Gasteiger partial charge in [-0.05, 0) is 64.7 Å². The second kappa shape index (κ2) is 11.3. The smallest absolute Gasteiger partial charge is 0.239 e. The first-order valence-corrected chi connectivity index (χ1v) is 13.6. The highest BCUT2D eigenvalue weighted by atomic mass is 32.2. The molecule has 0 bridgehead atoms. The lowest BCUT2D eigenvalue weighted by atomic mass is 10.0. The number of imidazole rings is 1. The lowest BCUT2D eigenvalue weighted by Crippen LogP contribution is -2.51. The molecule has 0 unspecified atom stereocenters. The SMILES string of the molecule is CCS(=O)(=O)N[C@@H](CC(=O)N1CCCC[C@@H]1C)C(=O)N[C@@H](C)c1ncc(-c2ccc(C)cc2F)[nH]1. The Morgan fingerprint density at radius 3 is 2.71 bits per heavy atom. The fraction of sp³-hybridized carbons (Fsp3) is 0.542. The number of benzene rings is 1. The molecule has 0 saturated carbocycles. The van der Waals surface area contributed by atoms with Crippen molar-refractivity contribution in [3.05, 3.63) is 41.6 Å². The number of likely N-dealkylation sites (tertiary alicyclic amines) is 1. The van der Waals surface area contributed by atoms with Crippen LogP contribution in [0.1, 0.15) is 63.9 Å². The van der Waals surface area contributed by atoms with Gasteiger partial charge in [0.25, 0.3) is 0 Å². The Hall–Kier alpha value is -2.79. The maximum absolute atomic E-state index is 14.3. The highest BCUT2D eigenvalue weighted by molar-refractivity contribution is 7.89. The third kappa shape index (κ3) is 6.88. The lowest BCUT2D eigenvalue weighted by molar-refractivity contribution is -0.137. The van der Waals surface area contributed by atoms with Crippen LogP contribution in [0, 0.1) is 12.7 Å². The summed E-state index contributed by atoms with van der Waals surface area (Å²) in [6, 6.07) is 3.01. The van der Waals surface area contributed by atoms with Gasteiger partial charge >= 0.3 is 0 Å². The van der Waals surface area contributed by atoms with Gasteiger partial charge < -0.3 is 15.2 Å². The van der Waals surface area contributed by atoms with E-state index in [2.05, 4.69) is 20.0 Å². The van der Waals surface area contributed by atoms with Crippen LogP contribution in [0.2, 0.25) is 0 Å². The molecular formula is C24H34FN5O4S. The summed E-state index contributed by atoms with van der Waals surface area (Å²) in [6.45, 7) is 7.48. The number of sulfonamides is 1. The van der Waals surface area contributed by atoms with Crippen molar-refractivity contribution in [2.45, 2.75) is 71.5 Å². The molecule has 3 rings (SSSR count). The fourth-order valence-corrected chi connectivity index (χ4v) is 4.95. The molecule has 0 spiro atoms. The van der Waals surface area contributed by atoms with Crippen LogP contribution in [0.4, 0.5) is 4.39 Å². The molecule has 0 aliphatic carbocycles. The zero-order valence-corrected chi connectivity index (χ0v) is 21.4. The summed E-state index contributed by atoms with van der Waals surface area (Å²) >= 11 is 0. The lowest BCUT2D eigenvalue weighted by Gasteiger charge is -2.34. The second-order valence-corrected chi connectivity index (χ2v) is 11.1. The number of nitrogens with zero attached hydrogens (tertiary/aromatic N) is 2. The van der Waals surface area contributed by atoms with Crippen LogP contribution >= 0.6 is 0 Å². The molecular weight excluding hydrogens is 473 g/mol. The quantitative estimate of drug-likeness (QED) is 0.481. The molecule has 0 radical (unpaired) electrons. The highest BCUT2D eigenvalue weighted by Crippen LogP contribution is 2.23. The van der Waals surface area contributed by atoms with Crippen LogP contribution in [-0.4, -0.2) is 59.5 Å². The molecule has 1 aliphatic heterocycles. The molecule has 1 aromatic carbocycles. The van der Waals surface area contributed by atoms with Gasteiger partial charge in [-0.25, -0.2) is 22.5 Å². The van der Waals surface area contributed by atoms with Crippen LogP contribution in [0.3, 0.4) is 0 Å². The van der Waals surface area contributed by atoms with E-state index in [1.54, 1.807) is 30.9 Å². The van der Waals surface area contributed by atoms with E-state index < -0.39 is 33.8 Å². The molecule has 2 aromatic rings. The van der Waals surface area contributed by atoms with Crippen LogP contribution in [0.15, 0.2) is 24.4 Å². The van der Waals surface area contributed by atoms with E-state index in [-0.39, 0.29) is 24.1 Å². The van der Waals surface area contributed by atoms with E-state index in [1.807, 2.05) is 6.92 Å². The summed E-state index contributed by atoms with van der Waals surface area (Å²) in [5.74, 6) is -1.13. The van der Waals surface area contributed by atoms with E-state index in [1.165, 1.54) is 19.2 Å². The molecule has 35 heavy (non-hydrogen) atoms. The topological polar surface area (TPSA) is 124 Å². The average molecular weight is 508 g/mol. The van der Waals surface area contributed by atoms with Crippen molar-refractivity contribution in [2.75, 3.05) is 12.3 Å². The molecule has 3 N–H and O–H groups in total. The molecule has 1 saturated heterocycles. The summed E-state index contributed by atoms with van der Waals surface area (Å²) in [5.41, 5.74) is 1.60. The van der Waals surface area contributed by atoms with Gasteiger partial charge in [-0.3, -0.25) is 9.59 Å². The Labute approximate surface area is 205 Å². The average Bonchev–Trinajstić information content (AvgIpc) is 3.29. The van der Waals surface area contributed by atoms with Crippen molar-refractivity contribution >= 4 is 21.8 Å². The normalized spacial score (nSPS) is 18.2. The molecule has 1 fully saturated rings. The molecule has 1 aliphatic rings. The summed E-state index contributed by atoms with van der Waals surface area (Å²) < 4.78 is 41.2. The third-order valence-corrected chi connectivity index (χ3v) is 7.70. The first kappa shape index (κ1) is 26.8. The van der Waals surface area contributed by atoms with E-state index in [0.717, 1.165) is 24.8 Å². The van der Waals surface area contributed by atoms with E-state index in [4.69, 9.17) is 0 Å². The first-order chi connectivity index (χ1) is 16.5. The van der Waals surface area contributed by atoms with Crippen molar-refractivity contribution < 1.29 is 22.4 Å². The molecule has 1 aromatic heterocycles. The summed E-state index contributed by atoms with van der Waals surface area (Å²) in [4.78, 5) is 35.0. The minimum atomic E-state index is -3.74. The number of aromatic nitrogens is 2. The van der Waals surface area contributed by atoms with Crippen molar-refractivity contribution in [1.82, 2.24) is 24.9 Å². The van der Waals surface area contributed by atoms with Gasteiger partial charge in [0.05, 0.1) is 30.1 Å². The van der Waals surface area contributed by atoms with Crippen molar-refractivity contribution in [3.8, 4) is 11.3 Å². The van der Waals surface area contributed by atoms with Crippen molar-refractivity contribution in [1.29, 1.82) is 0 Å². The first-order valence-electron chi connectivity index (χ1n) is 11.9. The number of amides is 2. The predicted octanol–water partition coefficient (Wildman–Crippen LogP) is 2.80. The van der Waals surface area contributed by atoms with Crippen LogP contribution in [0.25, 0.3) is 11.3 Å². The largest absolute Gasteiger partial charge is 0.345 e. The maximum Gasteiger partial charge on any atom is 0.239 e. The van der Waals surface area contributed by atoms with Crippen LogP contribution in [-0.2, 0) is 19.6 Å². The molecule has 3 atom stereocenters. The number of H-pyrrole nitrogens is 1. The Kier molecular flexibility index (Phi) is 8.65. The summed E-state index contributed by atoms with van der Waals surface area (Å²) in [7, 11) is -3.74. The van der Waals surface area contributed by atoms with Gasteiger partial charge in [-0.1, -0.05) is 6.07 Å². The Morgan fingerprint density at radius 2 is 2.06 bits per heavy atom. The standard InChI is InChI=1S/C24H34FN5O4S/c1-5-35(33,34)29-20(13-22(31)30-11-7-6-8-16(30)3)24(32)27-17(4)23-26-14-21(28-23)18-10-9-15(2)12-19(18)25/h9-10,12,14,16-17,20,29H,5-8,11,13H2,1-4H3,(H,26,28)(H,27,32)/t16-,17-,20-/m0/s1. The monoisotopic (exact) mass is 507 g/mol. The number of piperidine rings is 1. The molecule has 192 valence electrons. The minimum Gasteiger partial charge on any atom is -0.345 e. The zero-order valence-electron chi connectivity index (χ0n) is 20.6. The molecule has 2 heterocycles. The highest BCUT2D eigenvalue weighted by Gasteiger charge is 2.31. The molecule has 11 heteroatoms. The van der Waals surface area contributed by atoms with Crippen LogP contribution in [0.5, 0.6) is 0 Å². The molecule has 2 amide bonds. The number of halogens is 1. The third-order valence-electron chi connectivity index (χ3n) is 6.30. The number of carbonyl (C=O) groups excluding carboxylic acids is 2. The number of rotatable bonds is 9. The Bertz CT molecular complexity index is 1170. The van der Waals surface area contributed by atoms with Crippen LogP contribution < -0.4 is 10.0 Å². The number of nitrogens with one attached hydrogen (secondary N) is 3. The van der Waals surface area contributed by atoms with Gasteiger partial charge in [0, 0.05) is 18.2 Å². The van der Waals surface area contributed by atoms with E-state index in [9.17, 15) is 22.4 Å². The van der Waals surface area contributed by atoms with Gasteiger partial charge in [-0.2, -0.15) is 0 Å². The van der Waals surface area contributed by atoms with E-state index in [0.29, 0.717) is 23.6 Å². The Balaban J connectivity index is 1.73. The van der Waals surface area contributed by atoms with Gasteiger partial charge in [0.15, 0.2) is 0 Å². The number of hydrogen-bond donors (Lipinski definition) is 3. The van der Waals surface area contributed by atoms with Gasteiger partial charge in [0.1, 0.15) is 17.7 Å². The van der Waals surface area contributed by atoms with Gasteiger partial charge in [-0.15, -0.1) is 0 Å². The summed E-state index contributed by atoms with van der Waals surface area (Å²) in [6.07, 6.45) is 3.99. The minimum absolute atomic E-state index is 0.0466. The number of carbonyl (C=O) groups is 2. The number of hydrogen-bond acceptors (Lipinski definition) is 5. The molecule has 9 nitrogen and oxygen atoms in total. The van der Waals surface area contributed by atoms with E-state index >= 15 is 0 Å². The fourth-order valence-electron chi connectivity index (χ4n) is 4.16. The second-order valence-electron chi connectivity index (χ2n) is 9.11. The maximum atomic E-state index is 14.3. The van der Waals surface area contributed by atoms with Crippen molar-refractivity contribution in [2.24, 2.45) is 0 Å². The van der Waals surface area contributed by atoms with Crippen molar-refractivity contribution in [3.63, 3.8) is 0 Å². The number of aryl methyl sites for hydroxylation is 1. The zero-order chi connectivity index (χ0) is 25.8. The predicted molar refractivity (Wildman–Crippen MR) is 131 cm³/mol.